The zero-order valence-corrected chi connectivity index (χ0v) is 47.2. The van der Waals surface area contributed by atoms with Gasteiger partial charge in [-0.3, -0.25) is 38.4 Å². The highest BCUT2D eigenvalue weighted by Gasteiger charge is 2.36. The number of benzene rings is 4. The number of para-hydroxylation sites is 1. The molecule has 5 aromatic rings. The lowest BCUT2D eigenvalue weighted by molar-refractivity contribution is -0.141. The maximum atomic E-state index is 14.6. The average molecular weight is 1170 g/mol. The van der Waals surface area contributed by atoms with E-state index in [1.54, 1.807) is 97.2 Å². The summed E-state index contributed by atoms with van der Waals surface area (Å²) in [5.74, 6) is -8.51. The number of aromatic nitrogens is 1. The van der Waals surface area contributed by atoms with Gasteiger partial charge in [0.15, 0.2) is 0 Å². The van der Waals surface area contributed by atoms with Crippen molar-refractivity contribution in [3.8, 4) is 5.75 Å². The zero-order chi connectivity index (χ0) is 59.9. The lowest BCUT2D eigenvalue weighted by Crippen LogP contribution is -2.62. The number of aromatic hydroxyl groups is 1. The molecular formula is C57H73N11O12S2. The Bertz CT molecular complexity index is 2950. The Morgan fingerprint density at radius 1 is 0.512 bits per heavy atom. The van der Waals surface area contributed by atoms with Gasteiger partial charge < -0.3 is 74.3 Å². The SMILES string of the molecule is CC(NC(=O)C(Cc1ccccc1)NC(=O)C(CS)NC(=O)C(N)Cc1ccc(O)cc1)C(=O)NC(Cc1c[nH]c2ccccc12)C(=O)NC(CCCCN)C(=O)NC(C(=O)NC(Cc1ccccc1)C(=O)NC(CS)C(=O)O)C(C)O. The van der Waals surface area contributed by atoms with Crippen LogP contribution in [0.5, 0.6) is 5.75 Å². The second kappa shape index (κ2) is 32.5. The van der Waals surface area contributed by atoms with Crippen LogP contribution in [0.15, 0.2) is 115 Å². The number of aromatic amines is 1. The molecule has 0 saturated carbocycles. The van der Waals surface area contributed by atoms with Crippen molar-refractivity contribution in [1.82, 2.24) is 47.5 Å². The van der Waals surface area contributed by atoms with E-state index in [0.717, 1.165) is 10.9 Å². The molecule has 23 nitrogen and oxygen atoms in total. The van der Waals surface area contributed by atoms with Gasteiger partial charge in [-0.2, -0.15) is 25.3 Å². The maximum Gasteiger partial charge on any atom is 0.327 e. The van der Waals surface area contributed by atoms with Crippen LogP contribution in [0.2, 0.25) is 0 Å². The molecule has 16 N–H and O–H groups in total. The molecule has 0 saturated heterocycles. The second-order valence-corrected chi connectivity index (χ2v) is 20.5. The van der Waals surface area contributed by atoms with Crippen LogP contribution in [0.1, 0.15) is 55.4 Å². The Kier molecular flexibility index (Phi) is 25.7. The number of hydrogen-bond acceptors (Lipinski definition) is 15. The van der Waals surface area contributed by atoms with E-state index in [4.69, 9.17) is 11.5 Å². The van der Waals surface area contributed by atoms with Crippen molar-refractivity contribution in [3.63, 3.8) is 0 Å². The van der Waals surface area contributed by atoms with E-state index in [9.17, 15) is 58.5 Å². The molecule has 0 spiro atoms. The van der Waals surface area contributed by atoms with Crippen molar-refractivity contribution in [2.24, 2.45) is 11.5 Å². The van der Waals surface area contributed by atoms with E-state index >= 15 is 0 Å². The highest BCUT2D eigenvalue weighted by atomic mass is 32.1. The Labute approximate surface area is 485 Å². The lowest BCUT2D eigenvalue weighted by Gasteiger charge is -2.28. The highest BCUT2D eigenvalue weighted by molar-refractivity contribution is 7.80. The number of carbonyl (C=O) groups is 9. The van der Waals surface area contributed by atoms with Crippen LogP contribution in [0.3, 0.4) is 0 Å². The fraction of sp³-hybridized carbons (Fsp3) is 0.386. The van der Waals surface area contributed by atoms with Crippen LogP contribution in [-0.4, -0.2) is 152 Å². The molecule has 0 aliphatic rings. The van der Waals surface area contributed by atoms with Crippen LogP contribution in [-0.2, 0) is 68.8 Å². The molecular weight excluding hydrogens is 1090 g/mol. The molecule has 0 aliphatic carbocycles. The number of H-pyrrole nitrogens is 1. The molecule has 440 valence electrons. The minimum Gasteiger partial charge on any atom is -0.508 e. The van der Waals surface area contributed by atoms with Gasteiger partial charge in [0.2, 0.25) is 47.3 Å². The number of carboxylic acids is 1. The number of rotatable bonds is 32. The van der Waals surface area contributed by atoms with Gasteiger partial charge in [-0.15, -0.1) is 0 Å². The summed E-state index contributed by atoms with van der Waals surface area (Å²) in [7, 11) is 0. The van der Waals surface area contributed by atoms with Crippen LogP contribution >= 0.6 is 25.3 Å². The Morgan fingerprint density at radius 3 is 1.54 bits per heavy atom. The van der Waals surface area contributed by atoms with Gasteiger partial charge in [0.05, 0.1) is 12.1 Å². The summed E-state index contributed by atoms with van der Waals surface area (Å²) in [6.45, 7) is 2.82. The number of phenols is 1. The molecule has 5 rings (SSSR count). The molecule has 25 heteroatoms. The van der Waals surface area contributed by atoms with E-state index in [2.05, 4.69) is 72.8 Å². The maximum absolute atomic E-state index is 14.6. The number of phenolic OH excluding ortho intramolecular Hbond substituents is 1. The number of amides is 8. The molecule has 0 aliphatic heterocycles. The monoisotopic (exact) mass is 1170 g/mol. The van der Waals surface area contributed by atoms with Gasteiger partial charge in [-0.05, 0) is 86.5 Å². The third kappa shape index (κ3) is 19.9. The van der Waals surface area contributed by atoms with Crippen molar-refractivity contribution in [2.45, 2.75) is 119 Å². The van der Waals surface area contributed by atoms with E-state index in [1.807, 2.05) is 6.07 Å². The summed E-state index contributed by atoms with van der Waals surface area (Å²) < 4.78 is 0. The van der Waals surface area contributed by atoms with E-state index in [-0.39, 0.29) is 55.9 Å². The first-order chi connectivity index (χ1) is 39.2. The van der Waals surface area contributed by atoms with Crippen LogP contribution < -0.4 is 54.0 Å². The van der Waals surface area contributed by atoms with Crippen LogP contribution in [0.25, 0.3) is 10.9 Å². The number of hydrogen-bond donors (Lipinski definition) is 16. The van der Waals surface area contributed by atoms with Crippen molar-refractivity contribution in [3.05, 3.63) is 138 Å². The number of unbranched alkanes of at least 4 members (excludes halogenated alkanes) is 1. The Morgan fingerprint density at radius 2 is 0.976 bits per heavy atom. The van der Waals surface area contributed by atoms with Crippen LogP contribution in [0, 0.1) is 0 Å². The fourth-order valence-electron chi connectivity index (χ4n) is 8.66. The quantitative estimate of drug-likeness (QED) is 0.0196. The summed E-state index contributed by atoms with van der Waals surface area (Å²) in [5, 5.41) is 51.6. The average Bonchev–Trinajstić information content (AvgIpc) is 3.95. The van der Waals surface area contributed by atoms with E-state index in [0.29, 0.717) is 35.1 Å². The molecule has 0 bridgehead atoms. The van der Waals surface area contributed by atoms with Gasteiger partial charge in [-0.25, -0.2) is 4.79 Å². The number of aliphatic hydroxyl groups excluding tert-OH is 1. The lowest BCUT2D eigenvalue weighted by atomic mass is 10.0. The van der Waals surface area contributed by atoms with E-state index in [1.165, 1.54) is 26.0 Å². The van der Waals surface area contributed by atoms with Gasteiger partial charge in [0.1, 0.15) is 54.1 Å². The number of thiol groups is 2. The Balaban J connectivity index is 1.35. The molecule has 10 atom stereocenters. The van der Waals surface area contributed by atoms with Gasteiger partial charge in [-0.1, -0.05) is 91.0 Å². The number of nitrogens with one attached hydrogen (secondary N) is 9. The largest absolute Gasteiger partial charge is 0.508 e. The molecule has 1 heterocycles. The molecule has 8 amide bonds. The predicted molar refractivity (Wildman–Crippen MR) is 313 cm³/mol. The first-order valence-electron chi connectivity index (χ1n) is 26.6. The number of aliphatic hydroxyl groups is 1. The van der Waals surface area contributed by atoms with Gasteiger partial charge >= 0.3 is 5.97 Å². The van der Waals surface area contributed by atoms with Crippen molar-refractivity contribution >= 4 is 89.4 Å². The second-order valence-electron chi connectivity index (χ2n) is 19.7. The summed E-state index contributed by atoms with van der Waals surface area (Å²) >= 11 is 8.29. The molecule has 0 radical (unpaired) electrons. The predicted octanol–water partition coefficient (Wildman–Crippen LogP) is -0.176. The number of carboxylic acid groups (broad SMARTS) is 1. The Hall–Kier alpha value is -7.97. The molecule has 1 aromatic heterocycles. The minimum absolute atomic E-state index is 0.0264. The number of carbonyl (C=O) groups excluding carboxylic acids is 8. The van der Waals surface area contributed by atoms with Crippen LogP contribution in [0.4, 0.5) is 0 Å². The fourth-order valence-corrected chi connectivity index (χ4v) is 9.16. The summed E-state index contributed by atoms with van der Waals surface area (Å²) in [5.41, 5.74) is 15.2. The van der Waals surface area contributed by atoms with E-state index < -0.39 is 114 Å². The number of nitrogens with two attached hydrogens (primary N) is 2. The standard InChI is InChI=1S/C57H73N11O12S2/c1-32(61-52(74)43(26-34-13-5-3-6-14-34)64-55(77)46(30-81)66-50(72)40(59)25-36-20-22-38(70)23-21-36)49(71)63-45(28-37-29-60-41-18-10-9-17-39(37)41)54(76)62-42(19-11-12-24-58)51(73)68-48(33(2)69)56(78)65-44(27-35-15-7-4-8-16-35)53(75)67-47(31-82)57(79)80/h3-10,13-18,20-23,29,32-33,40,42-48,60,69-70,81-82H,11-12,19,24-28,30-31,58-59H2,1-2H3,(H,61,74)(H,62,76)(H,63,71)(H,64,77)(H,65,78)(H,66,72)(H,67,75)(H,68,73)(H,79,80). The van der Waals surface area contributed by atoms with Crippen molar-refractivity contribution in [1.29, 1.82) is 0 Å². The third-order valence-corrected chi connectivity index (χ3v) is 14.0. The first kappa shape index (κ1) is 64.8. The van der Waals surface area contributed by atoms with Crippen molar-refractivity contribution in [2.75, 3.05) is 18.1 Å². The van der Waals surface area contributed by atoms with Gasteiger partial charge in [0, 0.05) is 47.9 Å². The molecule has 0 fully saturated rings. The highest BCUT2D eigenvalue weighted by Crippen LogP contribution is 2.20. The van der Waals surface area contributed by atoms with Crippen molar-refractivity contribution < 1.29 is 58.5 Å². The smallest absolute Gasteiger partial charge is 0.327 e. The first-order valence-corrected chi connectivity index (χ1v) is 27.9. The normalized spacial score (nSPS) is 14.8. The topological polar surface area (TPSA) is 378 Å². The number of aliphatic carboxylic acids is 1. The van der Waals surface area contributed by atoms with Gasteiger partial charge in [0.25, 0.3) is 0 Å². The summed E-state index contributed by atoms with van der Waals surface area (Å²) in [6.07, 6.45) is 0.568. The third-order valence-electron chi connectivity index (χ3n) is 13.3. The summed E-state index contributed by atoms with van der Waals surface area (Å²) in [6, 6.07) is 18.2. The number of fused-ring (bicyclic) bond motifs is 1. The summed E-state index contributed by atoms with van der Waals surface area (Å²) in [4.78, 5) is 127. The zero-order valence-electron chi connectivity index (χ0n) is 45.4. The molecule has 10 unspecified atom stereocenters. The minimum atomic E-state index is -1.71. The molecule has 82 heavy (non-hydrogen) atoms. The molecule has 4 aromatic carbocycles.